The second-order valence-corrected chi connectivity index (χ2v) is 7.12. The molecule has 0 spiro atoms. The molecule has 158 valence electrons. The first-order chi connectivity index (χ1) is 13.8. The molecule has 3 N–H and O–H groups in total. The van der Waals surface area contributed by atoms with Crippen LogP contribution in [0, 0.1) is 0 Å². The molecule has 0 saturated carbocycles. The lowest BCUT2D eigenvalue weighted by Crippen LogP contribution is -2.35. The molecule has 1 aliphatic heterocycles. The van der Waals surface area contributed by atoms with E-state index >= 15 is 0 Å². The summed E-state index contributed by atoms with van der Waals surface area (Å²) < 4.78 is 15.9. The number of nitrogens with one attached hydrogen (secondary N) is 1. The van der Waals surface area contributed by atoms with E-state index in [1.165, 1.54) is 7.11 Å². The molecule has 0 aromatic heterocycles. The van der Waals surface area contributed by atoms with Gasteiger partial charge in [0, 0.05) is 16.8 Å². The number of carbonyl (C=O) groups is 2. The van der Waals surface area contributed by atoms with Gasteiger partial charge in [0.25, 0.3) is 0 Å². The summed E-state index contributed by atoms with van der Waals surface area (Å²) >= 11 is 6.44. The van der Waals surface area contributed by atoms with Crippen LogP contribution in [0.3, 0.4) is 0 Å². The second-order valence-electron chi connectivity index (χ2n) is 6.71. The fourth-order valence-electron chi connectivity index (χ4n) is 3.21. The van der Waals surface area contributed by atoms with Crippen LogP contribution in [0.25, 0.3) is 0 Å². The molecule has 2 atom stereocenters. The minimum absolute atomic E-state index is 0.0996. The van der Waals surface area contributed by atoms with E-state index in [4.69, 9.17) is 31.5 Å². The third-order valence-corrected chi connectivity index (χ3v) is 4.73. The van der Waals surface area contributed by atoms with E-state index in [1.54, 1.807) is 38.1 Å². The Kier molecular flexibility index (Phi) is 8.25. The van der Waals surface area contributed by atoms with Crippen molar-refractivity contribution < 1.29 is 23.8 Å². The second kappa shape index (κ2) is 10.4. The van der Waals surface area contributed by atoms with Gasteiger partial charge in [-0.2, -0.15) is 0 Å². The quantitative estimate of drug-likeness (QED) is 0.621. The van der Waals surface area contributed by atoms with Crippen molar-refractivity contribution in [2.75, 3.05) is 26.9 Å². The van der Waals surface area contributed by atoms with Crippen LogP contribution in [-0.4, -0.2) is 44.9 Å². The van der Waals surface area contributed by atoms with Crippen molar-refractivity contribution in [2.24, 2.45) is 5.73 Å². The van der Waals surface area contributed by atoms with E-state index < -0.39 is 17.9 Å². The molecule has 0 saturated heterocycles. The zero-order valence-corrected chi connectivity index (χ0v) is 17.8. The Morgan fingerprint density at radius 1 is 1.24 bits per heavy atom. The van der Waals surface area contributed by atoms with E-state index in [1.807, 2.05) is 6.92 Å². The molecule has 0 bridgehead atoms. The third-order valence-electron chi connectivity index (χ3n) is 4.39. The number of methoxy groups -OCH3 is 1. The number of dihydropyridines is 1. The topological polar surface area (TPSA) is 99.9 Å². The van der Waals surface area contributed by atoms with E-state index in [-0.39, 0.29) is 24.8 Å². The van der Waals surface area contributed by atoms with E-state index in [2.05, 4.69) is 5.32 Å². The maximum absolute atomic E-state index is 12.9. The predicted octanol–water partition coefficient (Wildman–Crippen LogP) is 2.65. The molecule has 0 aliphatic carbocycles. The minimum atomic E-state index is -0.759. The standard InChI is InChI=1S/C21H27ClN2O5/c1-5-29-21(26)19-16(11-28-10-12(2)23)24-13(3)17(20(25)27-4)18(19)14-8-6-7-9-15(14)22/h6-9,12,18,24H,5,10-11,23H2,1-4H3. The van der Waals surface area contributed by atoms with Crippen LogP contribution in [0.1, 0.15) is 32.3 Å². The largest absolute Gasteiger partial charge is 0.466 e. The molecule has 1 aromatic rings. The van der Waals surface area contributed by atoms with Gasteiger partial charge in [-0.1, -0.05) is 29.8 Å². The summed E-state index contributed by atoms with van der Waals surface area (Å²) in [4.78, 5) is 25.6. The molecule has 7 nitrogen and oxygen atoms in total. The predicted molar refractivity (Wildman–Crippen MR) is 110 cm³/mol. The van der Waals surface area contributed by atoms with Crippen molar-refractivity contribution in [1.82, 2.24) is 5.32 Å². The molecule has 0 amide bonds. The number of allylic oxidation sites excluding steroid dienone is 1. The minimum Gasteiger partial charge on any atom is -0.466 e. The maximum Gasteiger partial charge on any atom is 0.336 e. The molecule has 0 fully saturated rings. The normalized spacial score (nSPS) is 17.7. The molecule has 1 heterocycles. The number of ether oxygens (including phenoxy) is 3. The van der Waals surface area contributed by atoms with Crippen molar-refractivity contribution in [3.8, 4) is 0 Å². The Morgan fingerprint density at radius 3 is 2.52 bits per heavy atom. The van der Waals surface area contributed by atoms with Gasteiger partial charge in [-0.15, -0.1) is 0 Å². The first-order valence-corrected chi connectivity index (χ1v) is 9.73. The molecular weight excluding hydrogens is 396 g/mol. The number of esters is 2. The highest BCUT2D eigenvalue weighted by Crippen LogP contribution is 2.41. The van der Waals surface area contributed by atoms with Gasteiger partial charge in [-0.05, 0) is 32.4 Å². The smallest absolute Gasteiger partial charge is 0.336 e. The number of hydrogen-bond donors (Lipinski definition) is 2. The first-order valence-electron chi connectivity index (χ1n) is 9.35. The SMILES string of the molecule is CCOC(=O)C1=C(COCC(C)N)NC(C)=C(C(=O)OC)C1c1ccccc1Cl. The lowest BCUT2D eigenvalue weighted by atomic mass is 9.80. The molecule has 2 rings (SSSR count). The van der Waals surface area contributed by atoms with Gasteiger partial charge < -0.3 is 25.3 Å². The van der Waals surface area contributed by atoms with Crippen LogP contribution in [0.4, 0.5) is 0 Å². The van der Waals surface area contributed by atoms with E-state index in [0.717, 1.165) is 0 Å². The van der Waals surface area contributed by atoms with Crippen molar-refractivity contribution in [2.45, 2.75) is 32.7 Å². The monoisotopic (exact) mass is 422 g/mol. The van der Waals surface area contributed by atoms with Crippen molar-refractivity contribution in [1.29, 1.82) is 0 Å². The first kappa shape index (κ1) is 22.9. The average molecular weight is 423 g/mol. The highest BCUT2D eigenvalue weighted by molar-refractivity contribution is 6.31. The zero-order valence-electron chi connectivity index (χ0n) is 17.1. The fraction of sp³-hybridized carbons (Fsp3) is 0.429. The Labute approximate surface area is 175 Å². The van der Waals surface area contributed by atoms with Crippen LogP contribution in [0.15, 0.2) is 46.8 Å². The Morgan fingerprint density at radius 2 is 1.93 bits per heavy atom. The summed E-state index contributed by atoms with van der Waals surface area (Å²) in [6.07, 6.45) is 0. The highest BCUT2D eigenvalue weighted by Gasteiger charge is 2.39. The summed E-state index contributed by atoms with van der Waals surface area (Å²) in [6, 6.07) is 6.89. The van der Waals surface area contributed by atoms with Gasteiger partial charge in [-0.25, -0.2) is 9.59 Å². The lowest BCUT2D eigenvalue weighted by molar-refractivity contribution is -0.139. The number of benzene rings is 1. The fourth-order valence-corrected chi connectivity index (χ4v) is 3.45. The number of halogens is 1. The molecule has 29 heavy (non-hydrogen) atoms. The zero-order chi connectivity index (χ0) is 21.6. The van der Waals surface area contributed by atoms with E-state index in [0.29, 0.717) is 34.2 Å². The summed E-state index contributed by atoms with van der Waals surface area (Å²) in [6.45, 7) is 5.87. The van der Waals surface area contributed by atoms with Crippen LogP contribution < -0.4 is 11.1 Å². The molecular formula is C21H27ClN2O5. The van der Waals surface area contributed by atoms with Crippen LogP contribution in [-0.2, 0) is 23.8 Å². The average Bonchev–Trinajstić information content (AvgIpc) is 2.67. The van der Waals surface area contributed by atoms with Crippen molar-refractivity contribution >= 4 is 23.5 Å². The number of rotatable bonds is 8. The van der Waals surface area contributed by atoms with Crippen molar-refractivity contribution in [3.63, 3.8) is 0 Å². The Balaban J connectivity index is 2.65. The van der Waals surface area contributed by atoms with Gasteiger partial charge in [0.2, 0.25) is 0 Å². The van der Waals surface area contributed by atoms with E-state index in [9.17, 15) is 9.59 Å². The maximum atomic E-state index is 12.9. The van der Waals surface area contributed by atoms with Gasteiger partial charge in [0.05, 0.1) is 49.7 Å². The van der Waals surface area contributed by atoms with Crippen molar-refractivity contribution in [3.05, 3.63) is 57.4 Å². The summed E-state index contributed by atoms with van der Waals surface area (Å²) in [5, 5.41) is 3.54. The third kappa shape index (κ3) is 5.38. The molecule has 0 radical (unpaired) electrons. The van der Waals surface area contributed by atoms with Gasteiger partial charge in [-0.3, -0.25) is 0 Å². The van der Waals surface area contributed by atoms with Crippen LogP contribution in [0.5, 0.6) is 0 Å². The van der Waals surface area contributed by atoms with Gasteiger partial charge in [0.1, 0.15) is 0 Å². The molecule has 2 unspecified atom stereocenters. The van der Waals surface area contributed by atoms with Gasteiger partial charge in [0.15, 0.2) is 0 Å². The number of nitrogens with two attached hydrogens (primary N) is 1. The highest BCUT2D eigenvalue weighted by atomic mass is 35.5. The number of hydrogen-bond acceptors (Lipinski definition) is 7. The lowest BCUT2D eigenvalue weighted by Gasteiger charge is -2.31. The van der Waals surface area contributed by atoms with Gasteiger partial charge >= 0.3 is 11.9 Å². The molecule has 1 aromatic carbocycles. The summed E-state index contributed by atoms with van der Waals surface area (Å²) in [7, 11) is 1.29. The summed E-state index contributed by atoms with van der Waals surface area (Å²) in [5.74, 6) is -1.87. The van der Waals surface area contributed by atoms with Crippen LogP contribution in [0.2, 0.25) is 5.02 Å². The number of carbonyl (C=O) groups excluding carboxylic acids is 2. The Hall–Kier alpha value is -2.35. The molecule has 8 heteroatoms. The van der Waals surface area contributed by atoms with Crippen LogP contribution >= 0.6 is 11.6 Å². The summed E-state index contributed by atoms with van der Waals surface area (Å²) in [5.41, 5.74) is 7.96. The molecule has 1 aliphatic rings. The Bertz CT molecular complexity index is 832.